The highest BCUT2D eigenvalue weighted by molar-refractivity contribution is 7.89. The van der Waals surface area contributed by atoms with Crippen molar-refractivity contribution in [3.8, 4) is 0 Å². The molecule has 0 saturated heterocycles. The van der Waals surface area contributed by atoms with Gasteiger partial charge in [-0.1, -0.05) is 18.2 Å². The number of hydrogen-bond donors (Lipinski definition) is 2. The third-order valence-corrected chi connectivity index (χ3v) is 8.91. The molecule has 0 atom stereocenters. The molecule has 15 heteroatoms. The lowest BCUT2D eigenvalue weighted by Crippen LogP contribution is -2.24. The molecule has 0 unspecified atom stereocenters. The fraction of sp³-hybridized carbons (Fsp3) is 0.273. The number of alkyl halides is 3. The maximum atomic E-state index is 13.6. The summed E-state index contributed by atoms with van der Waals surface area (Å²) >= 11 is 0. The number of anilines is 3. The molecule has 3 rings (SSSR count). The largest absolute Gasteiger partial charge is 0.421 e. The Hall–Kier alpha value is -3.27. The van der Waals surface area contributed by atoms with E-state index >= 15 is 0 Å². The number of rotatable bonds is 9. The molecule has 0 radical (unpaired) electrons. The molecule has 0 amide bonds. The Morgan fingerprint density at radius 2 is 1.46 bits per heavy atom. The van der Waals surface area contributed by atoms with E-state index in [0.29, 0.717) is 11.9 Å². The summed E-state index contributed by atoms with van der Waals surface area (Å²) in [6.45, 7) is -0.264. The minimum absolute atomic E-state index is 0.0325. The smallest absolute Gasteiger partial charge is 0.365 e. The summed E-state index contributed by atoms with van der Waals surface area (Å²) in [7, 11) is -2.01. The molecule has 0 spiro atoms. The second-order valence-corrected chi connectivity index (χ2v) is 12.4. The van der Waals surface area contributed by atoms with Crippen LogP contribution < -0.4 is 10.6 Å². The monoisotopic (exact) mass is 558 g/mol. The fourth-order valence-corrected chi connectivity index (χ4v) is 5.13. The van der Waals surface area contributed by atoms with Gasteiger partial charge in [0.05, 0.1) is 9.79 Å². The molecule has 0 fully saturated rings. The Morgan fingerprint density at radius 1 is 0.865 bits per heavy atom. The highest BCUT2D eigenvalue weighted by Gasteiger charge is 2.35. The number of aromatic nitrogens is 2. The van der Waals surface area contributed by atoms with Crippen molar-refractivity contribution in [1.82, 2.24) is 18.6 Å². The van der Waals surface area contributed by atoms with Crippen molar-refractivity contribution in [2.24, 2.45) is 0 Å². The van der Waals surface area contributed by atoms with Gasteiger partial charge < -0.3 is 10.6 Å². The second kappa shape index (κ2) is 10.6. The van der Waals surface area contributed by atoms with E-state index in [1.54, 1.807) is 6.07 Å². The zero-order valence-corrected chi connectivity index (χ0v) is 21.9. The number of benzene rings is 2. The average molecular weight is 559 g/mol. The van der Waals surface area contributed by atoms with Gasteiger partial charge in [0, 0.05) is 46.6 Å². The molecular weight excluding hydrogens is 533 g/mol. The van der Waals surface area contributed by atoms with Crippen LogP contribution >= 0.6 is 0 Å². The van der Waals surface area contributed by atoms with Crippen molar-refractivity contribution >= 4 is 37.5 Å². The summed E-state index contributed by atoms with van der Waals surface area (Å²) in [6, 6.07) is 11.5. The molecule has 0 bridgehead atoms. The molecule has 2 N–H and O–H groups in total. The highest BCUT2D eigenvalue weighted by Crippen LogP contribution is 2.34. The SMILES string of the molecule is CN(C)S(=O)(=O)c1ccc(Nc2ncc(C(F)(F)F)c(NCc3ccccc3S(=O)(=O)N(C)C)n2)cc1. The number of nitrogens with one attached hydrogen (secondary N) is 2. The van der Waals surface area contributed by atoms with Gasteiger partial charge in [0.25, 0.3) is 0 Å². The summed E-state index contributed by atoms with van der Waals surface area (Å²) in [5, 5.41) is 5.32. The second-order valence-electron chi connectivity index (χ2n) is 8.14. The van der Waals surface area contributed by atoms with E-state index in [-0.39, 0.29) is 27.8 Å². The normalized spacial score (nSPS) is 12.7. The average Bonchev–Trinajstić information content (AvgIpc) is 2.82. The summed E-state index contributed by atoms with van der Waals surface area (Å²) in [5.41, 5.74) is -0.556. The molecule has 200 valence electrons. The van der Waals surface area contributed by atoms with Crippen LogP contribution in [0.2, 0.25) is 0 Å². The van der Waals surface area contributed by atoms with Crippen molar-refractivity contribution < 1.29 is 30.0 Å². The van der Waals surface area contributed by atoms with Crippen molar-refractivity contribution in [2.45, 2.75) is 22.5 Å². The summed E-state index contributed by atoms with van der Waals surface area (Å²) in [6.07, 6.45) is -4.18. The van der Waals surface area contributed by atoms with Crippen molar-refractivity contribution in [3.63, 3.8) is 0 Å². The fourth-order valence-electron chi connectivity index (χ4n) is 3.11. The van der Waals surface area contributed by atoms with E-state index in [4.69, 9.17) is 0 Å². The van der Waals surface area contributed by atoms with Gasteiger partial charge in [0.2, 0.25) is 26.0 Å². The van der Waals surface area contributed by atoms with Crippen molar-refractivity contribution in [1.29, 1.82) is 0 Å². The molecular formula is C22H25F3N6O4S2. The lowest BCUT2D eigenvalue weighted by Gasteiger charge is -2.18. The van der Waals surface area contributed by atoms with Gasteiger partial charge in [-0.3, -0.25) is 0 Å². The zero-order chi connectivity index (χ0) is 27.6. The van der Waals surface area contributed by atoms with Crippen LogP contribution in [0.15, 0.2) is 64.5 Å². The first kappa shape index (κ1) is 28.3. The summed E-state index contributed by atoms with van der Waals surface area (Å²) in [5.74, 6) is -0.748. The van der Waals surface area contributed by atoms with Crippen LogP contribution in [0.3, 0.4) is 0 Å². The molecule has 2 aromatic carbocycles. The van der Waals surface area contributed by atoms with Gasteiger partial charge in [-0.2, -0.15) is 18.2 Å². The first-order valence-electron chi connectivity index (χ1n) is 10.6. The van der Waals surface area contributed by atoms with Gasteiger partial charge in [-0.05, 0) is 35.9 Å². The molecule has 1 aromatic heterocycles. The van der Waals surface area contributed by atoms with E-state index < -0.39 is 37.6 Å². The third kappa shape index (κ3) is 6.36. The molecule has 37 heavy (non-hydrogen) atoms. The number of halogens is 3. The molecule has 10 nitrogen and oxygen atoms in total. The van der Waals surface area contributed by atoms with Crippen LogP contribution in [0.1, 0.15) is 11.1 Å². The van der Waals surface area contributed by atoms with E-state index in [1.165, 1.54) is 70.7 Å². The van der Waals surface area contributed by atoms with Crippen LogP contribution in [0.25, 0.3) is 0 Å². The molecule has 0 aliphatic rings. The van der Waals surface area contributed by atoms with Crippen molar-refractivity contribution in [2.75, 3.05) is 38.8 Å². The quantitative estimate of drug-likeness (QED) is 0.410. The minimum Gasteiger partial charge on any atom is -0.365 e. The molecule has 0 aliphatic heterocycles. The number of sulfonamides is 2. The predicted octanol–water partition coefficient (Wildman–Crippen LogP) is 3.35. The molecule has 3 aromatic rings. The van der Waals surface area contributed by atoms with E-state index in [9.17, 15) is 30.0 Å². The Labute approximate surface area is 213 Å². The minimum atomic E-state index is -4.78. The summed E-state index contributed by atoms with van der Waals surface area (Å²) < 4.78 is 92.6. The first-order chi connectivity index (χ1) is 17.1. The number of nitrogens with zero attached hydrogens (tertiary/aromatic N) is 4. The van der Waals surface area contributed by atoms with Gasteiger partial charge in [0.1, 0.15) is 11.4 Å². The summed E-state index contributed by atoms with van der Waals surface area (Å²) in [4.78, 5) is 7.64. The number of hydrogen-bond acceptors (Lipinski definition) is 8. The van der Waals surface area contributed by atoms with Gasteiger partial charge in [0.15, 0.2) is 0 Å². The van der Waals surface area contributed by atoms with Gasteiger partial charge in [-0.25, -0.2) is 30.4 Å². The van der Waals surface area contributed by atoms with Crippen LogP contribution in [0, 0.1) is 0 Å². The van der Waals surface area contributed by atoms with E-state index in [1.807, 2.05) is 0 Å². The van der Waals surface area contributed by atoms with E-state index in [0.717, 1.165) is 8.61 Å². The maximum Gasteiger partial charge on any atom is 0.421 e. The van der Waals surface area contributed by atoms with Crippen LogP contribution in [-0.2, 0) is 32.8 Å². The van der Waals surface area contributed by atoms with E-state index in [2.05, 4.69) is 20.6 Å². The highest BCUT2D eigenvalue weighted by atomic mass is 32.2. The standard InChI is InChI=1S/C22H25F3N6O4S2/c1-30(2)36(32,33)17-11-9-16(10-12-17)28-21-27-14-18(22(23,24)25)20(29-21)26-13-15-7-5-6-8-19(15)37(34,35)31(3)4/h5-12,14H,13H2,1-4H3,(H2,26,27,28,29). The van der Waals surface area contributed by atoms with Crippen LogP contribution in [0.4, 0.5) is 30.6 Å². The molecule has 0 saturated carbocycles. The van der Waals surface area contributed by atoms with Gasteiger partial charge >= 0.3 is 6.18 Å². The first-order valence-corrected chi connectivity index (χ1v) is 13.5. The van der Waals surface area contributed by atoms with Crippen LogP contribution in [0.5, 0.6) is 0 Å². The third-order valence-electron chi connectivity index (χ3n) is 5.16. The lowest BCUT2D eigenvalue weighted by atomic mass is 10.2. The Bertz CT molecular complexity index is 1480. The Balaban J connectivity index is 1.91. The lowest BCUT2D eigenvalue weighted by molar-refractivity contribution is -0.137. The van der Waals surface area contributed by atoms with Gasteiger partial charge in [-0.15, -0.1) is 0 Å². The topological polar surface area (TPSA) is 125 Å². The maximum absolute atomic E-state index is 13.6. The molecule has 0 aliphatic carbocycles. The van der Waals surface area contributed by atoms with Crippen LogP contribution in [-0.4, -0.2) is 63.6 Å². The Kier molecular flexibility index (Phi) is 8.12. The van der Waals surface area contributed by atoms with Crippen molar-refractivity contribution in [3.05, 3.63) is 65.9 Å². The molecule has 1 heterocycles. The predicted molar refractivity (Wildman–Crippen MR) is 132 cm³/mol. The zero-order valence-electron chi connectivity index (χ0n) is 20.3. The Morgan fingerprint density at radius 3 is 2.03 bits per heavy atom.